The van der Waals surface area contributed by atoms with Crippen LogP contribution in [0.25, 0.3) is 10.7 Å². The van der Waals surface area contributed by atoms with E-state index in [1.165, 1.54) is 15.4 Å². The molecular formula is C16H22N4O2S2. The summed E-state index contributed by atoms with van der Waals surface area (Å²) >= 11 is 1.60. The molecule has 1 aliphatic rings. The van der Waals surface area contributed by atoms with Crippen molar-refractivity contribution in [3.8, 4) is 10.7 Å². The highest BCUT2D eigenvalue weighted by molar-refractivity contribution is 7.88. The van der Waals surface area contributed by atoms with E-state index in [0.717, 1.165) is 41.4 Å². The molecule has 0 N–H and O–H groups in total. The van der Waals surface area contributed by atoms with Crippen LogP contribution < -0.4 is 0 Å². The molecule has 2 aromatic rings. The lowest BCUT2D eigenvalue weighted by Crippen LogP contribution is -2.38. The molecule has 6 nitrogen and oxygen atoms in total. The molecule has 0 spiro atoms. The van der Waals surface area contributed by atoms with Gasteiger partial charge in [0.1, 0.15) is 16.5 Å². The van der Waals surface area contributed by atoms with Crippen molar-refractivity contribution in [2.24, 2.45) is 0 Å². The fourth-order valence-corrected chi connectivity index (χ4v) is 4.99. The molecule has 24 heavy (non-hydrogen) atoms. The van der Waals surface area contributed by atoms with Crippen molar-refractivity contribution in [1.82, 2.24) is 19.3 Å². The molecule has 3 rings (SSSR count). The van der Waals surface area contributed by atoms with Crippen LogP contribution in [0.4, 0.5) is 0 Å². The Hall–Kier alpha value is -1.38. The van der Waals surface area contributed by atoms with Gasteiger partial charge in [-0.1, -0.05) is 6.42 Å². The molecule has 3 heterocycles. The fraction of sp³-hybridized carbons (Fsp3) is 0.562. The molecule has 0 saturated carbocycles. The van der Waals surface area contributed by atoms with Gasteiger partial charge in [0.2, 0.25) is 10.0 Å². The summed E-state index contributed by atoms with van der Waals surface area (Å²) in [7, 11) is -3.28. The predicted octanol–water partition coefficient (Wildman–Crippen LogP) is 3.01. The van der Waals surface area contributed by atoms with E-state index in [9.17, 15) is 8.42 Å². The first-order chi connectivity index (χ1) is 11.3. The number of nitrogens with zero attached hydrogens (tertiary/aromatic N) is 4. The van der Waals surface area contributed by atoms with Gasteiger partial charge in [0, 0.05) is 17.1 Å². The third kappa shape index (κ3) is 3.50. The summed E-state index contributed by atoms with van der Waals surface area (Å²) < 4.78 is 25.8. The predicted molar refractivity (Wildman–Crippen MR) is 95.5 cm³/mol. The first-order valence-electron chi connectivity index (χ1n) is 8.02. The Labute approximate surface area is 147 Å². The molecule has 130 valence electrons. The summed E-state index contributed by atoms with van der Waals surface area (Å²) in [5.41, 5.74) is 2.61. The Morgan fingerprint density at radius 3 is 2.54 bits per heavy atom. The van der Waals surface area contributed by atoms with Crippen LogP contribution >= 0.6 is 11.3 Å². The van der Waals surface area contributed by atoms with Crippen molar-refractivity contribution in [2.75, 3.05) is 12.8 Å². The van der Waals surface area contributed by atoms with E-state index >= 15 is 0 Å². The fourth-order valence-electron chi connectivity index (χ4n) is 2.99. The highest BCUT2D eigenvalue weighted by Gasteiger charge is 2.32. The van der Waals surface area contributed by atoms with Crippen LogP contribution in [0.1, 0.15) is 47.4 Å². The van der Waals surface area contributed by atoms with Crippen LogP contribution in [-0.2, 0) is 10.0 Å². The standard InChI is InChI=1S/C16H22N4O2S2/c1-10-9-13(16-18-11(2)12(3)23-16)19-15(17-10)14-7-5-6-8-20(14)24(4,21)22/h9,14H,5-8H2,1-4H3. The van der Waals surface area contributed by atoms with E-state index in [1.807, 2.05) is 26.8 Å². The number of aromatic nitrogens is 3. The lowest BCUT2D eigenvalue weighted by atomic mass is 10.0. The van der Waals surface area contributed by atoms with Crippen LogP contribution in [0.2, 0.25) is 0 Å². The van der Waals surface area contributed by atoms with Crippen molar-refractivity contribution in [1.29, 1.82) is 0 Å². The van der Waals surface area contributed by atoms with Crippen LogP contribution in [-0.4, -0.2) is 40.5 Å². The van der Waals surface area contributed by atoms with Crippen LogP contribution in [0.3, 0.4) is 0 Å². The molecule has 0 aromatic carbocycles. The molecule has 0 aliphatic carbocycles. The van der Waals surface area contributed by atoms with Gasteiger partial charge in [-0.15, -0.1) is 11.3 Å². The van der Waals surface area contributed by atoms with Gasteiger partial charge in [0.25, 0.3) is 0 Å². The second-order valence-electron chi connectivity index (χ2n) is 6.30. The molecule has 1 saturated heterocycles. The summed E-state index contributed by atoms with van der Waals surface area (Å²) in [4.78, 5) is 14.9. The molecule has 1 unspecified atom stereocenters. The van der Waals surface area contributed by atoms with Gasteiger partial charge in [-0.05, 0) is 39.7 Å². The van der Waals surface area contributed by atoms with E-state index in [2.05, 4.69) is 15.0 Å². The first kappa shape index (κ1) is 17.4. The quantitative estimate of drug-likeness (QED) is 0.834. The van der Waals surface area contributed by atoms with Gasteiger partial charge in [0.15, 0.2) is 0 Å². The number of hydrogen-bond acceptors (Lipinski definition) is 6. The largest absolute Gasteiger partial charge is 0.239 e. The molecule has 1 atom stereocenters. The number of hydrogen-bond donors (Lipinski definition) is 0. The summed E-state index contributed by atoms with van der Waals surface area (Å²) in [5.74, 6) is 0.584. The zero-order valence-electron chi connectivity index (χ0n) is 14.4. The van der Waals surface area contributed by atoms with Gasteiger partial charge in [-0.2, -0.15) is 4.31 Å². The molecule has 8 heteroatoms. The second-order valence-corrected chi connectivity index (χ2v) is 9.44. The Kier molecular flexibility index (Phi) is 4.72. The Bertz CT molecular complexity index is 841. The molecule has 0 amide bonds. The highest BCUT2D eigenvalue weighted by Crippen LogP contribution is 2.33. The van der Waals surface area contributed by atoms with E-state index in [4.69, 9.17) is 0 Å². The molecule has 0 radical (unpaired) electrons. The number of aryl methyl sites for hydroxylation is 3. The third-order valence-corrected chi connectivity index (χ3v) is 6.68. The van der Waals surface area contributed by atoms with Crippen molar-refractivity contribution < 1.29 is 8.42 Å². The lowest BCUT2D eigenvalue weighted by Gasteiger charge is -2.32. The molecule has 1 fully saturated rings. The van der Waals surface area contributed by atoms with E-state index < -0.39 is 10.0 Å². The van der Waals surface area contributed by atoms with Gasteiger partial charge in [-0.3, -0.25) is 0 Å². The Morgan fingerprint density at radius 1 is 1.17 bits per heavy atom. The average molecular weight is 367 g/mol. The lowest BCUT2D eigenvalue weighted by molar-refractivity contribution is 0.248. The first-order valence-corrected chi connectivity index (χ1v) is 10.7. The van der Waals surface area contributed by atoms with Crippen molar-refractivity contribution in [3.05, 3.63) is 28.2 Å². The summed E-state index contributed by atoms with van der Waals surface area (Å²) in [5, 5.41) is 0.860. The SMILES string of the molecule is Cc1cc(-c2nc(C)c(C)s2)nc(C2CCCCN2S(C)(=O)=O)n1. The Morgan fingerprint density at radius 2 is 1.92 bits per heavy atom. The minimum Gasteiger partial charge on any atom is -0.239 e. The van der Waals surface area contributed by atoms with E-state index in [1.54, 1.807) is 11.3 Å². The van der Waals surface area contributed by atoms with Gasteiger partial charge in [0.05, 0.1) is 18.0 Å². The van der Waals surface area contributed by atoms with E-state index in [-0.39, 0.29) is 6.04 Å². The number of thiazole rings is 1. The molecule has 2 aromatic heterocycles. The normalized spacial score (nSPS) is 19.6. The molecule has 0 bridgehead atoms. The smallest absolute Gasteiger partial charge is 0.211 e. The van der Waals surface area contributed by atoms with Crippen LogP contribution in [0.15, 0.2) is 6.07 Å². The van der Waals surface area contributed by atoms with Crippen molar-refractivity contribution in [2.45, 2.75) is 46.1 Å². The number of sulfonamides is 1. The van der Waals surface area contributed by atoms with Crippen LogP contribution in [0, 0.1) is 20.8 Å². The highest BCUT2D eigenvalue weighted by atomic mass is 32.2. The average Bonchev–Trinajstić information content (AvgIpc) is 2.85. The topological polar surface area (TPSA) is 76.1 Å². The minimum atomic E-state index is -3.28. The van der Waals surface area contributed by atoms with E-state index in [0.29, 0.717) is 12.4 Å². The molecule has 1 aliphatic heterocycles. The maximum atomic E-state index is 12.1. The van der Waals surface area contributed by atoms with Gasteiger partial charge >= 0.3 is 0 Å². The zero-order valence-corrected chi connectivity index (χ0v) is 16.0. The number of rotatable bonds is 3. The molecular weight excluding hydrogens is 344 g/mol. The van der Waals surface area contributed by atoms with Gasteiger partial charge in [-0.25, -0.2) is 23.4 Å². The summed E-state index contributed by atoms with van der Waals surface area (Å²) in [6, 6.07) is 1.63. The number of piperidine rings is 1. The summed E-state index contributed by atoms with van der Waals surface area (Å²) in [6.45, 7) is 6.47. The second kappa shape index (κ2) is 6.50. The van der Waals surface area contributed by atoms with Crippen molar-refractivity contribution >= 4 is 21.4 Å². The zero-order chi connectivity index (χ0) is 17.5. The van der Waals surface area contributed by atoms with Crippen molar-refractivity contribution in [3.63, 3.8) is 0 Å². The third-order valence-electron chi connectivity index (χ3n) is 4.30. The monoisotopic (exact) mass is 366 g/mol. The van der Waals surface area contributed by atoms with Crippen LogP contribution in [0.5, 0.6) is 0 Å². The summed E-state index contributed by atoms with van der Waals surface area (Å²) in [6.07, 6.45) is 3.88. The van der Waals surface area contributed by atoms with Gasteiger partial charge < -0.3 is 0 Å². The minimum absolute atomic E-state index is 0.283. The Balaban J connectivity index is 2.04. The maximum absolute atomic E-state index is 12.1. The maximum Gasteiger partial charge on any atom is 0.211 e.